The molecule has 9 aromatic rings. The minimum absolute atomic E-state index is 0. The van der Waals surface area contributed by atoms with Gasteiger partial charge in [-0.25, -0.2) is 9.59 Å². The summed E-state index contributed by atoms with van der Waals surface area (Å²) >= 11 is 0. The molecule has 0 bridgehead atoms. The first-order valence-electron chi connectivity index (χ1n) is 44.7. The molecule has 9 aliphatic heterocycles. The van der Waals surface area contributed by atoms with Crippen LogP contribution in [0, 0.1) is 23.7 Å². The van der Waals surface area contributed by atoms with Crippen molar-refractivity contribution in [2.24, 2.45) is 40.1 Å². The lowest BCUT2D eigenvalue weighted by Gasteiger charge is -2.41. The molecule has 1 saturated heterocycles. The second-order valence-corrected chi connectivity index (χ2v) is 33.1. The Hall–Kier alpha value is -14.8. The smallest absolute Gasteiger partial charge is 0.346 e. The van der Waals surface area contributed by atoms with Gasteiger partial charge < -0.3 is 46.5 Å². The molecular weight excluding hydrogens is 1700 g/mol. The molecular formula is C103H105N9O21. The van der Waals surface area contributed by atoms with Gasteiger partial charge in [-0.2, -0.15) is 0 Å². The molecule has 133 heavy (non-hydrogen) atoms. The number of amides is 9. The molecule has 20 rings (SSSR count). The number of rotatable bonds is 18. The van der Waals surface area contributed by atoms with Crippen LogP contribution in [0.2, 0.25) is 0 Å². The van der Waals surface area contributed by atoms with Gasteiger partial charge in [0.25, 0.3) is 47.3 Å². The van der Waals surface area contributed by atoms with Crippen LogP contribution in [0.4, 0.5) is 0 Å². The van der Waals surface area contributed by atoms with Crippen molar-refractivity contribution in [2.45, 2.75) is 121 Å². The predicted molar refractivity (Wildman–Crippen MR) is 489 cm³/mol. The minimum Gasteiger partial charge on any atom is -0.481 e. The van der Waals surface area contributed by atoms with E-state index in [2.05, 4.69) is 62.2 Å². The maximum Gasteiger partial charge on any atom is 0.346 e. The van der Waals surface area contributed by atoms with E-state index in [1.807, 2.05) is 65.6 Å². The lowest BCUT2D eigenvalue weighted by molar-refractivity contribution is -0.154. The van der Waals surface area contributed by atoms with E-state index in [4.69, 9.17) is 21.7 Å². The zero-order valence-corrected chi connectivity index (χ0v) is 73.2. The monoisotopic (exact) mass is 1800 g/mol. The number of benzene rings is 9. The Labute approximate surface area is 768 Å². The molecule has 11 aliphatic rings. The summed E-state index contributed by atoms with van der Waals surface area (Å²) in [4.78, 5) is 199. The number of hydrogen-bond donors (Lipinski definition) is 6. The average Bonchev–Trinajstić information content (AvgIpc) is 1.66. The third-order valence-corrected chi connectivity index (χ3v) is 25.0. The number of nitrogens with zero attached hydrogens (tertiary/aromatic N) is 6. The number of nitrogens with two attached hydrogens (primary N) is 2. The van der Waals surface area contributed by atoms with Crippen LogP contribution in [0.3, 0.4) is 0 Å². The van der Waals surface area contributed by atoms with E-state index in [1.54, 1.807) is 121 Å². The number of hydrogen-bond acceptors (Lipinski definition) is 22. The summed E-state index contributed by atoms with van der Waals surface area (Å²) in [6.45, 7) is 4.12. The first kappa shape index (κ1) is 95.8. The van der Waals surface area contributed by atoms with Gasteiger partial charge in [0.2, 0.25) is 5.91 Å². The summed E-state index contributed by atoms with van der Waals surface area (Å²) in [6.07, 6.45) is 11.8. The van der Waals surface area contributed by atoms with E-state index in [-0.39, 0.29) is 111 Å². The molecule has 0 radical (unpaired) electrons. The molecule has 688 valence electrons. The second kappa shape index (κ2) is 45.2. The second-order valence-electron chi connectivity index (χ2n) is 33.1. The highest BCUT2D eigenvalue weighted by molar-refractivity contribution is 6.24. The van der Waals surface area contributed by atoms with Gasteiger partial charge in [0, 0.05) is 65.4 Å². The Balaban J connectivity index is 0.000000145. The third kappa shape index (κ3) is 22.6. The fraction of sp³-hybridized carbons (Fsp3) is 0.311. The molecule has 9 amide bonds. The fourth-order valence-corrected chi connectivity index (χ4v) is 18.3. The zero-order valence-electron chi connectivity index (χ0n) is 73.2. The molecule has 9 heterocycles. The lowest BCUT2D eigenvalue weighted by Crippen LogP contribution is -2.47. The number of carboxylic acid groups (broad SMARTS) is 3. The van der Waals surface area contributed by atoms with Crippen molar-refractivity contribution < 1.29 is 103 Å². The summed E-state index contributed by atoms with van der Waals surface area (Å²) < 4.78 is 8.88. The number of carboxylic acids is 3. The third-order valence-electron chi connectivity index (χ3n) is 25.0. The molecule has 6 atom stereocenters. The first-order chi connectivity index (χ1) is 64.4. The summed E-state index contributed by atoms with van der Waals surface area (Å²) in [5.41, 5.74) is 24.1. The van der Waals surface area contributed by atoms with Gasteiger partial charge in [-0.05, 0) is 177 Å². The van der Waals surface area contributed by atoms with Gasteiger partial charge in [0.15, 0.2) is 0 Å². The number of imide groups is 4. The van der Waals surface area contributed by atoms with Crippen molar-refractivity contribution in [3.05, 3.63) is 319 Å². The van der Waals surface area contributed by atoms with Gasteiger partial charge in [0.05, 0.1) is 98.2 Å². The standard InChI is InChI=1S/C27H28N2O5.C19H18N2O2.C19H16N2O2.C11H9NO4.C8H11N.C8H10O3.C8H4O3.C3H7NO2.H2/c30-24(21-11-5-6-12-22(21)27(33)34)28-15-13-17-7-1-2-8-18(17)23(28)14-16-29-25(31)19-9-3-4-10-20(19)26(29)32;2*22-18-15-7-3-4-8-16(15)19(23)21(18)12-10-17-14-6-2-1-5-13(14)9-11-20-17;13-9(14)5-6-12-10(15)7-3-1-2-4-8(7)11(12)16;9-7-6-8-4-2-1-3-5-8;2*9-7-5-3-1-2-4-6(5)8(10)11-7;4-2-1-3(5)6;/h1-4,7-10,21-23H,5-6,11-16H2,(H,33,34);1-8,17,20H,9-12H2;1-8H,9-12H2;1-4H,5-6H2,(H,13,14);1-5H,6-7,9H2;5-6H,1-4H2;1-4H;1-2,4H2,(H,5,6);1H/t;;;;;5-,6+;;;/i;;;;;;;;1+1. The quantitative estimate of drug-likeness (QED) is 0.0264. The Morgan fingerprint density at radius 3 is 1.23 bits per heavy atom. The largest absolute Gasteiger partial charge is 0.481 e. The number of aliphatic carboxylic acids is 3. The summed E-state index contributed by atoms with van der Waals surface area (Å²) in [5.74, 6) is -8.14. The molecule has 0 aromatic heterocycles. The number of ether oxygens (including phenoxy) is 2. The fourth-order valence-electron chi connectivity index (χ4n) is 18.3. The van der Waals surface area contributed by atoms with E-state index in [0.717, 1.165) is 111 Å². The van der Waals surface area contributed by atoms with Gasteiger partial charge in [-0.3, -0.25) is 91.7 Å². The van der Waals surface area contributed by atoms with Crippen LogP contribution in [0.1, 0.15) is 240 Å². The lowest BCUT2D eigenvalue weighted by atomic mass is 9.77. The van der Waals surface area contributed by atoms with Crippen LogP contribution < -0.4 is 16.8 Å². The number of esters is 4. The Morgan fingerprint density at radius 1 is 0.383 bits per heavy atom. The van der Waals surface area contributed by atoms with Crippen molar-refractivity contribution in [1.82, 2.24) is 29.8 Å². The molecule has 30 nitrogen and oxygen atoms in total. The molecule has 30 heteroatoms. The maximum absolute atomic E-state index is 13.7. The van der Waals surface area contributed by atoms with Crippen molar-refractivity contribution in [3.63, 3.8) is 0 Å². The van der Waals surface area contributed by atoms with Crippen molar-refractivity contribution in [3.8, 4) is 0 Å². The number of aliphatic imine (C=N–C) groups is 1. The van der Waals surface area contributed by atoms with Crippen LogP contribution in [-0.2, 0) is 63.9 Å². The van der Waals surface area contributed by atoms with Gasteiger partial charge in [-0.15, -0.1) is 0 Å². The summed E-state index contributed by atoms with van der Waals surface area (Å²) in [6, 6.07) is 68.6. The summed E-state index contributed by atoms with van der Waals surface area (Å²) in [5, 5.41) is 29.6. The Kier molecular flexibility index (Phi) is 32.6. The topological polar surface area (TPSA) is 445 Å². The highest BCUT2D eigenvalue weighted by Crippen LogP contribution is 2.41. The first-order valence-corrected chi connectivity index (χ1v) is 44.7. The normalized spacial score (nSPS) is 19.3. The molecule has 2 aliphatic carbocycles. The Morgan fingerprint density at radius 2 is 0.774 bits per heavy atom. The minimum atomic E-state index is -1.03. The van der Waals surface area contributed by atoms with E-state index < -0.39 is 53.5 Å². The van der Waals surface area contributed by atoms with Gasteiger partial charge in [-0.1, -0.05) is 189 Å². The van der Waals surface area contributed by atoms with Crippen LogP contribution in [0.15, 0.2) is 229 Å². The number of cyclic esters (lactones) is 4. The number of fused-ring (bicyclic) bond motifs is 9. The van der Waals surface area contributed by atoms with Gasteiger partial charge >= 0.3 is 41.8 Å². The molecule has 4 unspecified atom stereocenters. The van der Waals surface area contributed by atoms with E-state index in [1.165, 1.54) is 37.0 Å². The molecule has 0 spiro atoms. The maximum atomic E-state index is 13.7. The van der Waals surface area contributed by atoms with E-state index in [0.29, 0.717) is 107 Å². The highest BCUT2D eigenvalue weighted by Gasteiger charge is 2.47. The predicted octanol–water partition coefficient (Wildman–Crippen LogP) is 12.5. The van der Waals surface area contributed by atoms with Gasteiger partial charge in [0.1, 0.15) is 0 Å². The zero-order chi connectivity index (χ0) is 94.4. The number of carbonyl (C=O) groups excluding carboxylic acids is 13. The highest BCUT2D eigenvalue weighted by atomic mass is 16.6. The SMILES string of the molecule is NCCC(=O)O.NCCc1ccccc1.O=C(O)C1CCCCC1C(=O)N1CCc2ccccc2C1CCN1C(=O)c2ccccc2C1=O.O=C(O)CCN1C(=O)c2ccccc2C1=O.O=C1OC(=O)[C@@H]2CCCC[C@H]12.O=C1OC(=O)c2ccccc21.O=C1c2ccccc2C(=O)N1CCC1=NCCc2ccccc21.O=C1c2ccccc2C(=O)N1CCC1NCCc2ccccc21.[2HH]. The molecule has 2 saturated carbocycles. The van der Waals surface area contributed by atoms with E-state index in [9.17, 15) is 81.8 Å². The number of carbonyl (C=O) groups is 16. The van der Waals surface area contributed by atoms with Crippen LogP contribution in [-0.4, -0.2) is 199 Å². The summed E-state index contributed by atoms with van der Waals surface area (Å²) in [7, 11) is 0. The van der Waals surface area contributed by atoms with Crippen LogP contribution >= 0.6 is 0 Å². The van der Waals surface area contributed by atoms with E-state index >= 15 is 0 Å². The van der Waals surface area contributed by atoms with Crippen molar-refractivity contribution in [2.75, 3.05) is 58.9 Å². The molecule has 8 N–H and O–H groups in total. The number of nitrogens with one attached hydrogen (secondary N) is 1. The molecule has 9 aromatic carbocycles. The Bertz CT molecular complexity index is 5800. The average molecular weight is 1810 g/mol. The van der Waals surface area contributed by atoms with Crippen molar-refractivity contribution >= 4 is 101 Å². The van der Waals surface area contributed by atoms with Crippen LogP contribution in [0.25, 0.3) is 0 Å². The van der Waals surface area contributed by atoms with Crippen LogP contribution in [0.5, 0.6) is 0 Å². The molecule has 3 fully saturated rings. The van der Waals surface area contributed by atoms with Crippen molar-refractivity contribution in [1.29, 1.82) is 0 Å².